The van der Waals surface area contributed by atoms with E-state index in [2.05, 4.69) is 15.5 Å². The average Bonchev–Trinajstić information content (AvgIpc) is 3.01. The summed E-state index contributed by atoms with van der Waals surface area (Å²) in [7, 11) is -3.64. The number of carbonyl (C=O) groups excluding carboxylic acids is 2. The van der Waals surface area contributed by atoms with Crippen molar-refractivity contribution >= 4 is 21.8 Å². The van der Waals surface area contributed by atoms with Gasteiger partial charge in [0.1, 0.15) is 6.04 Å². The molecule has 2 saturated heterocycles. The van der Waals surface area contributed by atoms with Gasteiger partial charge in [-0.1, -0.05) is 68.0 Å². The first-order valence-electron chi connectivity index (χ1n) is 14.6. The number of nitrogens with one attached hydrogen (secondary N) is 2. The van der Waals surface area contributed by atoms with Gasteiger partial charge < -0.3 is 20.3 Å². The fourth-order valence-electron chi connectivity index (χ4n) is 5.37. The highest BCUT2D eigenvalue weighted by atomic mass is 32.2. The van der Waals surface area contributed by atoms with E-state index in [1.54, 1.807) is 35.2 Å². The van der Waals surface area contributed by atoms with Crippen molar-refractivity contribution < 1.29 is 22.7 Å². The van der Waals surface area contributed by atoms with Gasteiger partial charge in [-0.15, -0.1) is 0 Å². The maximum atomic E-state index is 13.6. The maximum Gasteiger partial charge on any atom is 0.318 e. The first-order valence-corrected chi connectivity index (χ1v) is 16.1. The van der Waals surface area contributed by atoms with E-state index in [9.17, 15) is 18.0 Å². The number of benzene rings is 2. The molecule has 41 heavy (non-hydrogen) atoms. The molecule has 4 rings (SSSR count). The second kappa shape index (κ2) is 15.1. The summed E-state index contributed by atoms with van der Waals surface area (Å²) in [5.74, 6) is -0.342. The van der Waals surface area contributed by atoms with Gasteiger partial charge in [-0.2, -0.15) is 0 Å². The number of ether oxygens (including phenoxy) is 1. The summed E-state index contributed by atoms with van der Waals surface area (Å²) in [5, 5.41) is 7.11. The van der Waals surface area contributed by atoms with Crippen LogP contribution >= 0.6 is 0 Å². The van der Waals surface area contributed by atoms with Crippen molar-refractivity contribution in [3.63, 3.8) is 0 Å². The molecule has 10 heteroatoms. The number of hydrogen-bond acceptors (Lipinski definition) is 6. The lowest BCUT2D eigenvalue weighted by molar-refractivity contribution is -0.123. The third-order valence-electron chi connectivity index (χ3n) is 7.70. The van der Waals surface area contributed by atoms with Gasteiger partial charge in [0.15, 0.2) is 9.84 Å². The number of likely N-dealkylation sites (tertiary alicyclic amines) is 1. The van der Waals surface area contributed by atoms with Crippen molar-refractivity contribution in [2.24, 2.45) is 0 Å². The number of amides is 3. The number of piperidine rings is 1. The summed E-state index contributed by atoms with van der Waals surface area (Å²) < 4.78 is 31.0. The van der Waals surface area contributed by atoms with Gasteiger partial charge in [0.05, 0.1) is 18.1 Å². The van der Waals surface area contributed by atoms with Crippen molar-refractivity contribution in [3.05, 3.63) is 77.7 Å². The van der Waals surface area contributed by atoms with Crippen molar-refractivity contribution in [1.82, 2.24) is 20.4 Å². The van der Waals surface area contributed by atoms with E-state index in [0.717, 1.165) is 56.5 Å². The predicted molar refractivity (Wildman–Crippen MR) is 159 cm³/mol. The number of rotatable bonds is 11. The minimum absolute atomic E-state index is 0.199. The van der Waals surface area contributed by atoms with Crippen LogP contribution < -0.4 is 10.6 Å². The van der Waals surface area contributed by atoms with Gasteiger partial charge >= 0.3 is 6.03 Å². The van der Waals surface area contributed by atoms with Crippen molar-refractivity contribution in [3.8, 4) is 0 Å². The van der Waals surface area contributed by atoms with Crippen LogP contribution in [0.15, 0.2) is 77.0 Å². The van der Waals surface area contributed by atoms with Crippen molar-refractivity contribution in [2.75, 3.05) is 39.4 Å². The zero-order valence-corrected chi connectivity index (χ0v) is 24.6. The zero-order chi connectivity index (χ0) is 29.1. The maximum absolute atomic E-state index is 13.6. The van der Waals surface area contributed by atoms with Gasteiger partial charge in [0, 0.05) is 50.1 Å². The van der Waals surface area contributed by atoms with Crippen LogP contribution in [-0.4, -0.2) is 87.7 Å². The molecule has 0 aromatic heterocycles. The first-order chi connectivity index (χ1) is 19.9. The Morgan fingerprint density at radius 2 is 1.59 bits per heavy atom. The molecule has 2 heterocycles. The van der Waals surface area contributed by atoms with Gasteiger partial charge in [0.2, 0.25) is 5.91 Å². The zero-order valence-electron chi connectivity index (χ0n) is 23.8. The fraction of sp³-hybridized carbons (Fsp3) is 0.484. The van der Waals surface area contributed by atoms with Crippen LogP contribution in [0.4, 0.5) is 4.79 Å². The Bertz CT molecular complexity index is 1240. The fourth-order valence-corrected chi connectivity index (χ4v) is 6.46. The molecule has 2 atom stereocenters. The minimum Gasteiger partial charge on any atom is -0.379 e. The normalized spacial score (nSPS) is 18.6. The third-order valence-corrected chi connectivity index (χ3v) is 9.14. The molecule has 2 aliphatic rings. The monoisotopic (exact) mass is 582 g/mol. The molecule has 2 fully saturated rings. The summed E-state index contributed by atoms with van der Waals surface area (Å²) >= 11 is 0. The molecule has 0 radical (unpaired) electrons. The second-order valence-corrected chi connectivity index (χ2v) is 12.5. The molecular formula is C31H42N4O5S. The molecule has 3 amide bonds. The third kappa shape index (κ3) is 9.14. The van der Waals surface area contributed by atoms with E-state index in [1.807, 2.05) is 37.3 Å². The van der Waals surface area contributed by atoms with Crippen LogP contribution in [0.3, 0.4) is 0 Å². The smallest absolute Gasteiger partial charge is 0.318 e. The van der Waals surface area contributed by atoms with E-state index in [-0.39, 0.29) is 16.8 Å². The molecule has 222 valence electrons. The SMILES string of the molecule is CCC[C@@H](/C=C/S(=O)(=O)c1ccccc1)NC(=O)[C@H](Cc1ccccc1)NC(=O)N1CCC(N2CCOCC2)CC1. The Kier molecular flexibility index (Phi) is 11.4. The average molecular weight is 583 g/mol. The summed E-state index contributed by atoms with van der Waals surface area (Å²) in [6.07, 6.45) is 4.95. The van der Waals surface area contributed by atoms with Crippen molar-refractivity contribution in [1.29, 1.82) is 0 Å². The number of urea groups is 1. The molecule has 2 aromatic rings. The Morgan fingerprint density at radius 3 is 2.22 bits per heavy atom. The van der Waals surface area contributed by atoms with Gasteiger partial charge in [-0.25, -0.2) is 13.2 Å². The molecular weight excluding hydrogens is 540 g/mol. The van der Waals surface area contributed by atoms with Crippen LogP contribution in [0.25, 0.3) is 0 Å². The van der Waals surface area contributed by atoms with Crippen LogP contribution in [0, 0.1) is 0 Å². The Hall–Kier alpha value is -3.21. The van der Waals surface area contributed by atoms with Crippen LogP contribution in [-0.2, 0) is 25.8 Å². The largest absolute Gasteiger partial charge is 0.379 e. The molecule has 9 nitrogen and oxygen atoms in total. The van der Waals surface area contributed by atoms with E-state index in [4.69, 9.17) is 4.74 Å². The standard InChI is InChI=1S/C31H42N4O5S/c1-2-9-26(16-23-41(38,39)28-12-7-4-8-13-28)32-30(36)29(24-25-10-5-3-6-11-25)33-31(37)35-17-14-27(15-18-35)34-19-21-40-22-20-34/h3-8,10-13,16,23,26-27,29H,2,9,14-15,17-22,24H2,1H3,(H,32,36)(H,33,37)/b23-16+/t26-,29-/m0/s1. The van der Waals surface area contributed by atoms with E-state index in [0.29, 0.717) is 32.0 Å². The molecule has 2 N–H and O–H groups in total. The first kappa shape index (κ1) is 30.7. The van der Waals surface area contributed by atoms with Crippen LogP contribution in [0.1, 0.15) is 38.2 Å². The predicted octanol–water partition coefficient (Wildman–Crippen LogP) is 3.38. The van der Waals surface area contributed by atoms with Gasteiger partial charge in [0.25, 0.3) is 0 Å². The molecule has 0 saturated carbocycles. The lowest BCUT2D eigenvalue weighted by Gasteiger charge is -2.40. The molecule has 2 aliphatic heterocycles. The lowest BCUT2D eigenvalue weighted by atomic mass is 10.0. The van der Waals surface area contributed by atoms with E-state index >= 15 is 0 Å². The molecule has 0 bridgehead atoms. The number of hydrogen-bond donors (Lipinski definition) is 2. The quantitative estimate of drug-likeness (QED) is 0.421. The highest BCUT2D eigenvalue weighted by Crippen LogP contribution is 2.18. The summed E-state index contributed by atoms with van der Waals surface area (Å²) in [4.78, 5) is 31.3. The molecule has 0 unspecified atom stereocenters. The molecule has 0 aliphatic carbocycles. The number of carbonyl (C=O) groups is 2. The highest BCUT2D eigenvalue weighted by molar-refractivity contribution is 7.94. The van der Waals surface area contributed by atoms with E-state index < -0.39 is 21.9 Å². The summed E-state index contributed by atoms with van der Waals surface area (Å²) in [6, 6.07) is 16.7. The topological polar surface area (TPSA) is 108 Å². The summed E-state index contributed by atoms with van der Waals surface area (Å²) in [6.45, 7) is 6.60. The van der Waals surface area contributed by atoms with Crippen molar-refractivity contribution in [2.45, 2.75) is 62.0 Å². The Balaban J connectivity index is 1.41. The number of nitrogens with zero attached hydrogens (tertiary/aromatic N) is 2. The van der Waals surface area contributed by atoms with Crippen LogP contribution in [0.2, 0.25) is 0 Å². The van der Waals surface area contributed by atoms with Gasteiger partial charge in [-0.3, -0.25) is 9.69 Å². The molecule has 0 spiro atoms. The number of morpholine rings is 1. The Labute approximate surface area is 243 Å². The Morgan fingerprint density at radius 1 is 0.951 bits per heavy atom. The highest BCUT2D eigenvalue weighted by Gasteiger charge is 2.30. The number of sulfone groups is 1. The lowest BCUT2D eigenvalue weighted by Crippen LogP contribution is -2.56. The van der Waals surface area contributed by atoms with E-state index in [1.165, 1.54) is 6.08 Å². The summed E-state index contributed by atoms with van der Waals surface area (Å²) in [5.41, 5.74) is 0.924. The van der Waals surface area contributed by atoms with Crippen LogP contribution in [0.5, 0.6) is 0 Å². The minimum atomic E-state index is -3.64. The molecule has 2 aromatic carbocycles. The second-order valence-electron chi connectivity index (χ2n) is 10.6. The van der Waals surface area contributed by atoms with Gasteiger partial charge in [-0.05, 0) is 37.0 Å².